The molecular weight excluding hydrogens is 256 g/mol. The Hall–Kier alpha value is -1.11. The van der Waals surface area contributed by atoms with Crippen LogP contribution in [0.1, 0.15) is 31.1 Å². The third-order valence-electron chi connectivity index (χ3n) is 3.83. The minimum atomic E-state index is -0.574. The van der Waals surface area contributed by atoms with Gasteiger partial charge < -0.3 is 20.1 Å². The van der Waals surface area contributed by atoms with E-state index >= 15 is 0 Å². The van der Waals surface area contributed by atoms with Crippen molar-refractivity contribution in [2.45, 2.75) is 38.0 Å². The molecule has 2 atom stereocenters. The number of aromatic nitrogens is 2. The van der Waals surface area contributed by atoms with E-state index in [0.717, 1.165) is 38.2 Å². The number of piperidine rings is 1. The molecule has 114 valence electrons. The fourth-order valence-corrected chi connectivity index (χ4v) is 2.65. The van der Waals surface area contributed by atoms with E-state index in [4.69, 9.17) is 4.74 Å². The van der Waals surface area contributed by atoms with Crippen molar-refractivity contribution < 1.29 is 9.84 Å². The summed E-state index contributed by atoms with van der Waals surface area (Å²) in [5, 5.41) is 18.4. The van der Waals surface area contributed by atoms with Crippen LogP contribution in [0.15, 0.2) is 6.20 Å². The van der Waals surface area contributed by atoms with Gasteiger partial charge in [0.05, 0.1) is 19.9 Å². The summed E-state index contributed by atoms with van der Waals surface area (Å²) in [4.78, 5) is 2.10. The number of nitrogens with one attached hydrogen (secondary N) is 1. The maximum Gasteiger partial charge on any atom is 0.162 e. The van der Waals surface area contributed by atoms with Gasteiger partial charge in [-0.2, -0.15) is 5.10 Å². The highest BCUT2D eigenvalue weighted by atomic mass is 16.5. The Bertz CT molecular complexity index is 413. The lowest BCUT2D eigenvalue weighted by Crippen LogP contribution is -2.39. The highest BCUT2D eigenvalue weighted by Crippen LogP contribution is 2.30. The van der Waals surface area contributed by atoms with Crippen molar-refractivity contribution in [3.63, 3.8) is 0 Å². The van der Waals surface area contributed by atoms with Crippen molar-refractivity contribution in [3.8, 4) is 5.75 Å². The first-order valence-electron chi connectivity index (χ1n) is 7.29. The first-order valence-corrected chi connectivity index (χ1v) is 7.29. The van der Waals surface area contributed by atoms with Crippen LogP contribution < -0.4 is 10.1 Å². The maximum atomic E-state index is 10.7. The molecule has 6 heteroatoms. The van der Waals surface area contributed by atoms with Crippen LogP contribution in [0.2, 0.25) is 0 Å². The molecule has 0 spiro atoms. The highest BCUT2D eigenvalue weighted by molar-refractivity contribution is 5.28. The van der Waals surface area contributed by atoms with Gasteiger partial charge in [0.2, 0.25) is 0 Å². The normalized spacial score (nSPS) is 21.1. The summed E-state index contributed by atoms with van der Waals surface area (Å²) >= 11 is 0. The summed E-state index contributed by atoms with van der Waals surface area (Å²) in [5.41, 5.74) is 0.786. The molecule has 2 unspecified atom stereocenters. The van der Waals surface area contributed by atoms with Gasteiger partial charge in [-0.25, -0.2) is 0 Å². The molecule has 6 nitrogen and oxygen atoms in total. The largest absolute Gasteiger partial charge is 0.493 e. The van der Waals surface area contributed by atoms with Crippen LogP contribution in [0.4, 0.5) is 0 Å². The first kappa shape index (κ1) is 15.3. The van der Waals surface area contributed by atoms with E-state index in [1.165, 1.54) is 6.42 Å². The molecular formula is C14H26N4O2. The molecule has 1 aromatic rings. The minimum absolute atomic E-state index is 0.0902. The topological polar surface area (TPSA) is 62.5 Å². The number of methoxy groups -OCH3 is 1. The van der Waals surface area contributed by atoms with Gasteiger partial charge in [0.1, 0.15) is 11.8 Å². The zero-order chi connectivity index (χ0) is 14.5. The minimum Gasteiger partial charge on any atom is -0.493 e. The van der Waals surface area contributed by atoms with Crippen molar-refractivity contribution in [2.24, 2.45) is 0 Å². The number of hydrogen-bond acceptors (Lipinski definition) is 5. The molecule has 1 aliphatic heterocycles. The quantitative estimate of drug-likeness (QED) is 0.801. The van der Waals surface area contributed by atoms with Crippen LogP contribution in [0.3, 0.4) is 0 Å². The molecule has 0 amide bonds. The van der Waals surface area contributed by atoms with Crippen molar-refractivity contribution in [3.05, 3.63) is 11.9 Å². The van der Waals surface area contributed by atoms with E-state index in [9.17, 15) is 5.11 Å². The summed E-state index contributed by atoms with van der Waals surface area (Å²) in [6.45, 7) is 2.59. The van der Waals surface area contributed by atoms with Crippen LogP contribution in [0.25, 0.3) is 0 Å². The van der Waals surface area contributed by atoms with Gasteiger partial charge in [-0.05, 0) is 33.5 Å². The number of likely N-dealkylation sites (N-methyl/N-ethyl adjacent to an activating group) is 1. The molecule has 1 aliphatic rings. The molecule has 1 saturated heterocycles. The third-order valence-corrected chi connectivity index (χ3v) is 3.83. The lowest BCUT2D eigenvalue weighted by atomic mass is 9.97. The number of aliphatic hydroxyl groups is 1. The SMILES string of the molecule is COc1cnn(CCN(C)C)c1C(O)C1CCCCN1. The second-order valence-electron chi connectivity index (χ2n) is 5.63. The van der Waals surface area contributed by atoms with Gasteiger partial charge in [0, 0.05) is 12.6 Å². The third kappa shape index (κ3) is 3.50. The van der Waals surface area contributed by atoms with Gasteiger partial charge in [-0.3, -0.25) is 4.68 Å². The smallest absolute Gasteiger partial charge is 0.162 e. The Morgan fingerprint density at radius 3 is 2.95 bits per heavy atom. The van der Waals surface area contributed by atoms with E-state index in [1.54, 1.807) is 13.3 Å². The van der Waals surface area contributed by atoms with Crippen molar-refractivity contribution in [1.29, 1.82) is 0 Å². The average molecular weight is 282 g/mol. The van der Waals surface area contributed by atoms with Crippen molar-refractivity contribution in [1.82, 2.24) is 20.0 Å². The molecule has 1 fully saturated rings. The average Bonchev–Trinajstić information content (AvgIpc) is 2.88. The molecule has 1 aromatic heterocycles. The Kier molecular flexibility index (Phi) is 5.39. The van der Waals surface area contributed by atoms with Gasteiger partial charge in [0.15, 0.2) is 5.75 Å². The summed E-state index contributed by atoms with van der Waals surface area (Å²) in [6.07, 6.45) is 4.44. The van der Waals surface area contributed by atoms with E-state index < -0.39 is 6.10 Å². The van der Waals surface area contributed by atoms with Crippen LogP contribution in [-0.2, 0) is 6.54 Å². The molecule has 20 heavy (non-hydrogen) atoms. The standard InChI is InChI=1S/C14H26N4O2/c1-17(2)8-9-18-13(12(20-3)10-16-18)14(19)11-6-4-5-7-15-11/h10-11,14-15,19H,4-9H2,1-3H3. The number of aliphatic hydroxyl groups excluding tert-OH is 1. The fraction of sp³-hybridized carbons (Fsp3) is 0.786. The van der Waals surface area contributed by atoms with Crippen molar-refractivity contribution in [2.75, 3.05) is 34.3 Å². The summed E-state index contributed by atoms with van der Waals surface area (Å²) in [7, 11) is 5.68. The number of nitrogens with zero attached hydrogens (tertiary/aromatic N) is 3. The van der Waals surface area contributed by atoms with E-state index in [2.05, 4.69) is 15.3 Å². The molecule has 0 saturated carbocycles. The number of hydrogen-bond donors (Lipinski definition) is 2. The lowest BCUT2D eigenvalue weighted by molar-refractivity contribution is 0.101. The Balaban J connectivity index is 2.16. The van der Waals surface area contributed by atoms with E-state index in [0.29, 0.717) is 5.75 Å². The van der Waals surface area contributed by atoms with E-state index in [1.807, 2.05) is 18.8 Å². The van der Waals surface area contributed by atoms with Gasteiger partial charge in [0.25, 0.3) is 0 Å². The zero-order valence-electron chi connectivity index (χ0n) is 12.7. The molecule has 0 radical (unpaired) electrons. The Morgan fingerprint density at radius 2 is 2.35 bits per heavy atom. The number of ether oxygens (including phenoxy) is 1. The van der Waals surface area contributed by atoms with Crippen molar-refractivity contribution >= 4 is 0 Å². The molecule has 2 rings (SSSR count). The monoisotopic (exact) mass is 282 g/mol. The molecule has 0 aromatic carbocycles. The molecule has 2 N–H and O–H groups in total. The van der Waals surface area contributed by atoms with Crippen LogP contribution in [0.5, 0.6) is 5.75 Å². The Labute approximate surface area is 120 Å². The van der Waals surface area contributed by atoms with Crippen LogP contribution in [-0.4, -0.2) is 60.1 Å². The maximum absolute atomic E-state index is 10.7. The second-order valence-corrected chi connectivity index (χ2v) is 5.63. The summed E-state index contributed by atoms with van der Waals surface area (Å²) in [6, 6.07) is 0.0902. The Morgan fingerprint density at radius 1 is 1.55 bits per heavy atom. The fourth-order valence-electron chi connectivity index (χ4n) is 2.65. The predicted molar refractivity (Wildman–Crippen MR) is 77.9 cm³/mol. The summed E-state index contributed by atoms with van der Waals surface area (Å²) < 4.78 is 7.22. The molecule has 2 heterocycles. The summed E-state index contributed by atoms with van der Waals surface area (Å²) in [5.74, 6) is 0.670. The highest BCUT2D eigenvalue weighted by Gasteiger charge is 2.28. The molecule has 0 aliphatic carbocycles. The van der Waals surface area contributed by atoms with E-state index in [-0.39, 0.29) is 6.04 Å². The van der Waals surface area contributed by atoms with Gasteiger partial charge >= 0.3 is 0 Å². The predicted octanol–water partition coefficient (Wildman–Crippen LogP) is 0.629. The van der Waals surface area contributed by atoms with Crippen LogP contribution in [0, 0.1) is 0 Å². The van der Waals surface area contributed by atoms with Crippen LogP contribution >= 0.6 is 0 Å². The second kappa shape index (κ2) is 7.06. The lowest BCUT2D eigenvalue weighted by Gasteiger charge is -2.29. The van der Waals surface area contributed by atoms with Gasteiger partial charge in [-0.15, -0.1) is 0 Å². The number of rotatable bonds is 6. The first-order chi connectivity index (χ1) is 9.63. The zero-order valence-corrected chi connectivity index (χ0v) is 12.7. The molecule has 0 bridgehead atoms. The van der Waals surface area contributed by atoms with Gasteiger partial charge in [-0.1, -0.05) is 6.42 Å².